The lowest BCUT2D eigenvalue weighted by Crippen LogP contribution is -1.91. The lowest BCUT2D eigenvalue weighted by molar-refractivity contribution is 0.0999. The summed E-state index contributed by atoms with van der Waals surface area (Å²) in [4.78, 5) is 11.6. The van der Waals surface area contributed by atoms with Gasteiger partial charge in [0.2, 0.25) is 0 Å². The fourth-order valence-electron chi connectivity index (χ4n) is 0.522. The molecule has 1 heterocycles. The van der Waals surface area contributed by atoms with Crippen LogP contribution in [-0.2, 0) is 0 Å². The Labute approximate surface area is 62.6 Å². The predicted molar refractivity (Wildman–Crippen MR) is 39.1 cm³/mol. The first-order chi connectivity index (χ1) is 4.84. The predicted octanol–water partition coefficient (Wildman–Crippen LogP) is 1.30. The molecule has 0 unspecified atom stereocenters. The van der Waals surface area contributed by atoms with Gasteiger partial charge in [0.15, 0.2) is 5.78 Å². The molecular weight excluding hydrogens is 148 g/mol. The van der Waals surface area contributed by atoms with Gasteiger partial charge in [0.25, 0.3) is 0 Å². The Bertz CT molecular complexity index is 230. The lowest BCUT2D eigenvalue weighted by atomic mass is 10.2. The number of hydrogen-bond donors (Lipinski definition) is 0. The molecule has 1 aromatic rings. The van der Waals surface area contributed by atoms with Crippen LogP contribution in [0.15, 0.2) is 18.9 Å². The smallest absolute Gasteiger partial charge is 0.179 e. The van der Waals surface area contributed by atoms with Gasteiger partial charge in [-0.05, 0) is 11.5 Å². The van der Waals surface area contributed by atoms with Crippen molar-refractivity contribution >= 4 is 17.3 Å². The van der Waals surface area contributed by atoms with Crippen molar-refractivity contribution in [1.29, 1.82) is 0 Å². The normalized spacial score (nSPS) is 9.20. The van der Waals surface area contributed by atoms with E-state index in [-0.39, 0.29) is 5.78 Å². The number of Topliss-reactive ketones (excluding diaryl/α,β-unsaturated/α-hetero) is 1. The highest BCUT2D eigenvalue weighted by Gasteiger charge is 2.04. The summed E-state index contributed by atoms with van der Waals surface area (Å²) in [6.07, 6.45) is 3.41. The highest BCUT2D eigenvalue weighted by atomic mass is 32.1. The first kappa shape index (κ1) is 7.08. The maximum absolute atomic E-state index is 11.0. The van der Waals surface area contributed by atoms with E-state index < -0.39 is 0 Å². The fourth-order valence-corrected chi connectivity index (χ4v) is 0.983. The maximum Gasteiger partial charge on any atom is 0.179 e. The second kappa shape index (κ2) is 3.22. The zero-order chi connectivity index (χ0) is 7.40. The molecule has 52 valence electrons. The van der Waals surface area contributed by atoms with Gasteiger partial charge in [-0.15, -0.1) is 11.7 Å². The van der Waals surface area contributed by atoms with Crippen molar-refractivity contribution in [3.05, 3.63) is 23.7 Å². The minimum atomic E-state index is 0.0324. The van der Waals surface area contributed by atoms with Gasteiger partial charge in [-0.3, -0.25) is 4.79 Å². The van der Waals surface area contributed by atoms with Crippen LogP contribution in [0.3, 0.4) is 0 Å². The summed E-state index contributed by atoms with van der Waals surface area (Å²) >= 11 is 1.11. The van der Waals surface area contributed by atoms with Crippen LogP contribution in [0.1, 0.15) is 16.1 Å². The van der Waals surface area contributed by atoms with Crippen molar-refractivity contribution in [3.63, 3.8) is 0 Å². The molecule has 0 radical (unpaired) electrons. The second-order valence-electron chi connectivity index (χ2n) is 1.70. The first-order valence-electron chi connectivity index (χ1n) is 2.76. The molecule has 3 nitrogen and oxygen atoms in total. The summed E-state index contributed by atoms with van der Waals surface area (Å²) in [5, 5.41) is 3.54. The summed E-state index contributed by atoms with van der Waals surface area (Å²) in [6.45, 7) is 3.45. The number of hydrogen-bond acceptors (Lipinski definition) is 4. The number of carbonyl (C=O) groups is 1. The molecule has 0 aliphatic rings. The Morgan fingerprint density at radius 2 is 2.70 bits per heavy atom. The molecule has 0 aromatic carbocycles. The molecule has 0 saturated carbocycles. The van der Waals surface area contributed by atoms with Crippen molar-refractivity contribution < 1.29 is 4.79 Å². The standard InChI is InChI=1S/C6H6N2OS/c1-2-3-5(9)6-4-7-8-10-6/h2,4H,1,3H2. The van der Waals surface area contributed by atoms with Crippen LogP contribution in [0.4, 0.5) is 0 Å². The van der Waals surface area contributed by atoms with Gasteiger partial charge < -0.3 is 0 Å². The third kappa shape index (κ3) is 1.48. The Kier molecular flexibility index (Phi) is 2.28. The molecule has 0 bridgehead atoms. The van der Waals surface area contributed by atoms with E-state index >= 15 is 0 Å². The Balaban J connectivity index is 2.68. The monoisotopic (exact) mass is 154 g/mol. The lowest BCUT2D eigenvalue weighted by Gasteiger charge is -1.85. The third-order valence-corrected chi connectivity index (χ3v) is 1.67. The number of ketones is 1. The van der Waals surface area contributed by atoms with Crippen molar-refractivity contribution in [2.75, 3.05) is 0 Å². The highest BCUT2D eigenvalue weighted by Crippen LogP contribution is 2.05. The van der Waals surface area contributed by atoms with Crippen LogP contribution in [0.2, 0.25) is 0 Å². The van der Waals surface area contributed by atoms with Gasteiger partial charge >= 0.3 is 0 Å². The molecule has 0 aliphatic carbocycles. The van der Waals surface area contributed by atoms with E-state index in [1.807, 2.05) is 0 Å². The van der Waals surface area contributed by atoms with Crippen LogP contribution < -0.4 is 0 Å². The summed E-state index contributed by atoms with van der Waals surface area (Å²) in [6, 6.07) is 0. The SMILES string of the molecule is C=CCC(=O)c1cnns1. The third-order valence-electron chi connectivity index (χ3n) is 0.966. The van der Waals surface area contributed by atoms with E-state index in [2.05, 4.69) is 16.2 Å². The summed E-state index contributed by atoms with van der Waals surface area (Å²) in [7, 11) is 0. The fraction of sp³-hybridized carbons (Fsp3) is 0.167. The van der Waals surface area contributed by atoms with Crippen LogP contribution in [0.25, 0.3) is 0 Å². The minimum Gasteiger partial charge on any atom is -0.293 e. The topological polar surface area (TPSA) is 42.9 Å². The van der Waals surface area contributed by atoms with Crippen molar-refractivity contribution in [2.24, 2.45) is 0 Å². The molecule has 0 aliphatic heterocycles. The number of aromatic nitrogens is 2. The van der Waals surface area contributed by atoms with E-state index in [0.29, 0.717) is 11.3 Å². The van der Waals surface area contributed by atoms with Crippen LogP contribution in [0, 0.1) is 0 Å². The molecule has 0 N–H and O–H groups in total. The zero-order valence-corrected chi connectivity index (χ0v) is 6.10. The van der Waals surface area contributed by atoms with E-state index in [9.17, 15) is 4.79 Å². The maximum atomic E-state index is 11.0. The summed E-state index contributed by atoms with van der Waals surface area (Å²) in [5.74, 6) is 0.0324. The Morgan fingerprint density at radius 3 is 3.20 bits per heavy atom. The largest absolute Gasteiger partial charge is 0.293 e. The van der Waals surface area contributed by atoms with Gasteiger partial charge in [0, 0.05) is 6.42 Å². The van der Waals surface area contributed by atoms with E-state index in [0.717, 1.165) is 11.5 Å². The summed E-state index contributed by atoms with van der Waals surface area (Å²) in [5.41, 5.74) is 0. The van der Waals surface area contributed by atoms with Crippen molar-refractivity contribution in [3.8, 4) is 0 Å². The zero-order valence-electron chi connectivity index (χ0n) is 5.28. The highest BCUT2D eigenvalue weighted by molar-refractivity contribution is 7.07. The number of rotatable bonds is 3. The van der Waals surface area contributed by atoms with Gasteiger partial charge in [-0.1, -0.05) is 10.6 Å². The number of nitrogens with zero attached hydrogens (tertiary/aromatic N) is 2. The van der Waals surface area contributed by atoms with Gasteiger partial charge in [-0.2, -0.15) is 0 Å². The molecule has 0 spiro atoms. The Morgan fingerprint density at radius 1 is 1.90 bits per heavy atom. The molecule has 0 fully saturated rings. The molecule has 0 atom stereocenters. The molecule has 4 heteroatoms. The van der Waals surface area contributed by atoms with Crippen LogP contribution in [0.5, 0.6) is 0 Å². The van der Waals surface area contributed by atoms with Gasteiger partial charge in [-0.25, -0.2) is 0 Å². The molecule has 10 heavy (non-hydrogen) atoms. The number of allylic oxidation sites excluding steroid dienone is 1. The van der Waals surface area contributed by atoms with Crippen molar-refractivity contribution in [1.82, 2.24) is 9.59 Å². The van der Waals surface area contributed by atoms with E-state index in [1.165, 1.54) is 6.20 Å². The molecule has 1 aromatic heterocycles. The Hall–Kier alpha value is -1.03. The average Bonchev–Trinajstić information content (AvgIpc) is 2.38. The number of carbonyl (C=O) groups excluding carboxylic acids is 1. The second-order valence-corrected chi connectivity index (χ2v) is 2.48. The van der Waals surface area contributed by atoms with Gasteiger partial charge in [0.05, 0.1) is 6.20 Å². The van der Waals surface area contributed by atoms with Crippen LogP contribution >= 0.6 is 11.5 Å². The molecule has 0 saturated heterocycles. The average molecular weight is 154 g/mol. The van der Waals surface area contributed by atoms with E-state index in [4.69, 9.17) is 0 Å². The molecular formula is C6H6N2OS. The van der Waals surface area contributed by atoms with Crippen molar-refractivity contribution in [2.45, 2.75) is 6.42 Å². The van der Waals surface area contributed by atoms with E-state index in [1.54, 1.807) is 6.08 Å². The molecule has 1 rings (SSSR count). The summed E-state index contributed by atoms with van der Waals surface area (Å²) < 4.78 is 3.56. The molecule has 0 amide bonds. The van der Waals surface area contributed by atoms with Crippen LogP contribution in [-0.4, -0.2) is 15.4 Å². The minimum absolute atomic E-state index is 0.0324. The first-order valence-corrected chi connectivity index (χ1v) is 3.53. The quantitative estimate of drug-likeness (QED) is 0.486. The van der Waals surface area contributed by atoms with Gasteiger partial charge in [0.1, 0.15) is 4.88 Å².